The zero-order valence-corrected chi connectivity index (χ0v) is 12.3. The van der Waals surface area contributed by atoms with Crippen LogP contribution in [-0.2, 0) is 13.0 Å². The molecule has 2 N–H and O–H groups in total. The number of nitrogens with zero attached hydrogens (tertiary/aromatic N) is 2. The van der Waals surface area contributed by atoms with Crippen LogP contribution in [0, 0.1) is 0 Å². The fourth-order valence-corrected chi connectivity index (χ4v) is 2.62. The number of carbonyl (C=O) groups is 1. The summed E-state index contributed by atoms with van der Waals surface area (Å²) in [7, 11) is 0. The van der Waals surface area contributed by atoms with Gasteiger partial charge in [0.25, 0.3) is 5.91 Å². The maximum Gasteiger partial charge on any atom is 0.272 e. The molecular weight excluding hydrogens is 282 g/mol. The van der Waals surface area contributed by atoms with Crippen LogP contribution in [0.25, 0.3) is 0 Å². The first-order valence-electron chi connectivity index (χ1n) is 6.77. The molecule has 3 rings (SSSR count). The number of carbonyl (C=O) groups excluding carboxylic acids is 1. The number of pyridine rings is 1. The van der Waals surface area contributed by atoms with Crippen molar-refractivity contribution in [1.82, 2.24) is 9.88 Å². The average molecular weight is 297 g/mol. The molecule has 0 fully saturated rings. The predicted molar refractivity (Wildman–Crippen MR) is 85.0 cm³/mol. The lowest BCUT2D eigenvalue weighted by atomic mass is 10.00. The molecule has 106 valence electrons. The van der Waals surface area contributed by atoms with E-state index >= 15 is 0 Å². The summed E-state index contributed by atoms with van der Waals surface area (Å²) in [6.07, 6.45) is 2.43. The van der Waals surface area contributed by atoms with Crippen LogP contribution in [-0.4, -0.2) is 27.3 Å². The Morgan fingerprint density at radius 2 is 1.95 bits per heavy atom. The van der Waals surface area contributed by atoms with E-state index in [0.29, 0.717) is 24.3 Å². The lowest BCUT2D eigenvalue weighted by Crippen LogP contribution is -2.36. The van der Waals surface area contributed by atoms with Gasteiger partial charge in [-0.3, -0.25) is 9.78 Å². The molecule has 5 heteroatoms. The molecule has 0 spiro atoms. The fourth-order valence-electron chi connectivity index (χ4n) is 2.50. The van der Waals surface area contributed by atoms with Gasteiger partial charge < -0.3 is 10.6 Å². The topological polar surface area (TPSA) is 59.2 Å². The van der Waals surface area contributed by atoms with Gasteiger partial charge in [0.15, 0.2) is 0 Å². The van der Waals surface area contributed by atoms with Crippen molar-refractivity contribution in [2.75, 3.05) is 6.54 Å². The van der Waals surface area contributed by atoms with Crippen molar-refractivity contribution in [2.24, 2.45) is 5.73 Å². The zero-order chi connectivity index (χ0) is 14.8. The summed E-state index contributed by atoms with van der Waals surface area (Å²) in [6.45, 7) is 1.35. The van der Waals surface area contributed by atoms with Gasteiger partial charge in [-0.05, 0) is 29.7 Å². The second-order valence-corrected chi connectivity index (χ2v) is 5.48. The molecule has 0 aliphatic carbocycles. The first-order chi connectivity index (χ1) is 10.1. The Hall–Kier alpha value is -2.27. The normalized spacial score (nSPS) is 13.6. The Balaban J connectivity index is 1.79. The summed E-state index contributed by atoms with van der Waals surface area (Å²) in [6, 6.07) is 11.6. The van der Waals surface area contributed by atoms with E-state index in [4.69, 9.17) is 18.0 Å². The minimum absolute atomic E-state index is 0.0565. The lowest BCUT2D eigenvalue weighted by Gasteiger charge is -2.28. The van der Waals surface area contributed by atoms with Gasteiger partial charge in [-0.15, -0.1) is 0 Å². The number of amides is 1. The van der Waals surface area contributed by atoms with E-state index in [0.717, 1.165) is 6.42 Å². The van der Waals surface area contributed by atoms with Crippen LogP contribution in [0.1, 0.15) is 27.2 Å². The molecule has 2 heterocycles. The molecule has 1 aromatic heterocycles. The standard InChI is InChI=1S/C16H15N3OS/c17-15(21)12-5-6-14(18-9-12)16(20)19-8-7-11-3-1-2-4-13(11)10-19/h1-6,9H,7-8,10H2,(H2,17,21). The van der Waals surface area contributed by atoms with Gasteiger partial charge in [-0.1, -0.05) is 36.5 Å². The van der Waals surface area contributed by atoms with Gasteiger partial charge in [0.2, 0.25) is 0 Å². The summed E-state index contributed by atoms with van der Waals surface area (Å²) >= 11 is 4.88. The van der Waals surface area contributed by atoms with Crippen molar-refractivity contribution in [2.45, 2.75) is 13.0 Å². The van der Waals surface area contributed by atoms with Crippen molar-refractivity contribution >= 4 is 23.1 Å². The van der Waals surface area contributed by atoms with E-state index in [-0.39, 0.29) is 10.9 Å². The maximum atomic E-state index is 12.5. The largest absolute Gasteiger partial charge is 0.389 e. The molecule has 0 bridgehead atoms. The molecule has 0 unspecified atom stereocenters. The third-order valence-electron chi connectivity index (χ3n) is 3.68. The molecule has 0 saturated heterocycles. The van der Waals surface area contributed by atoms with Crippen molar-refractivity contribution in [1.29, 1.82) is 0 Å². The number of nitrogens with two attached hydrogens (primary N) is 1. The van der Waals surface area contributed by atoms with E-state index in [2.05, 4.69) is 17.1 Å². The molecule has 1 amide bonds. The van der Waals surface area contributed by atoms with E-state index in [1.165, 1.54) is 11.1 Å². The van der Waals surface area contributed by atoms with Crippen LogP contribution >= 0.6 is 12.2 Å². The van der Waals surface area contributed by atoms with Crippen molar-refractivity contribution in [3.63, 3.8) is 0 Å². The maximum absolute atomic E-state index is 12.5. The molecule has 0 radical (unpaired) electrons. The third kappa shape index (κ3) is 2.78. The highest BCUT2D eigenvalue weighted by Crippen LogP contribution is 2.19. The molecule has 1 aliphatic rings. The van der Waals surface area contributed by atoms with Crippen LogP contribution in [0.15, 0.2) is 42.6 Å². The first kappa shape index (κ1) is 13.7. The van der Waals surface area contributed by atoms with Crippen molar-refractivity contribution < 1.29 is 4.79 Å². The Morgan fingerprint density at radius 3 is 2.62 bits per heavy atom. The third-order valence-corrected chi connectivity index (χ3v) is 3.92. The fraction of sp³-hybridized carbons (Fsp3) is 0.188. The van der Waals surface area contributed by atoms with Gasteiger partial charge in [0.1, 0.15) is 10.7 Å². The molecule has 4 nitrogen and oxygen atoms in total. The van der Waals surface area contributed by atoms with E-state index in [1.807, 2.05) is 17.0 Å². The van der Waals surface area contributed by atoms with Crippen LogP contribution in [0.2, 0.25) is 0 Å². The summed E-state index contributed by atoms with van der Waals surface area (Å²) in [5, 5.41) is 0. The Labute approximate surface area is 128 Å². The highest BCUT2D eigenvalue weighted by atomic mass is 32.1. The zero-order valence-electron chi connectivity index (χ0n) is 11.5. The number of hydrogen-bond donors (Lipinski definition) is 1. The molecule has 21 heavy (non-hydrogen) atoms. The number of fused-ring (bicyclic) bond motifs is 1. The van der Waals surface area contributed by atoms with Gasteiger partial charge in [0.05, 0.1) is 0 Å². The lowest BCUT2D eigenvalue weighted by molar-refractivity contribution is 0.0729. The van der Waals surface area contributed by atoms with Gasteiger partial charge in [0, 0.05) is 24.8 Å². The molecule has 0 atom stereocenters. The van der Waals surface area contributed by atoms with Crippen LogP contribution in [0.4, 0.5) is 0 Å². The quantitative estimate of drug-likeness (QED) is 0.860. The Kier molecular flexibility index (Phi) is 3.66. The number of benzene rings is 1. The number of aromatic nitrogens is 1. The molecule has 2 aromatic rings. The van der Waals surface area contributed by atoms with Gasteiger partial charge in [-0.2, -0.15) is 0 Å². The van der Waals surface area contributed by atoms with Crippen LogP contribution in [0.5, 0.6) is 0 Å². The molecule has 1 aliphatic heterocycles. The van der Waals surface area contributed by atoms with Crippen LogP contribution in [0.3, 0.4) is 0 Å². The SMILES string of the molecule is NC(=S)c1ccc(C(=O)N2CCc3ccccc3C2)nc1. The summed E-state index contributed by atoms with van der Waals surface area (Å²) in [5.41, 5.74) is 9.15. The summed E-state index contributed by atoms with van der Waals surface area (Å²) < 4.78 is 0. The smallest absolute Gasteiger partial charge is 0.272 e. The molecule has 0 saturated carbocycles. The highest BCUT2D eigenvalue weighted by Gasteiger charge is 2.22. The highest BCUT2D eigenvalue weighted by molar-refractivity contribution is 7.80. The average Bonchev–Trinajstić information content (AvgIpc) is 2.54. The van der Waals surface area contributed by atoms with E-state index < -0.39 is 0 Å². The number of rotatable bonds is 2. The number of thiocarbonyl (C=S) groups is 1. The summed E-state index contributed by atoms with van der Waals surface area (Å²) in [5.74, 6) is -0.0565. The monoisotopic (exact) mass is 297 g/mol. The van der Waals surface area contributed by atoms with Crippen molar-refractivity contribution in [3.05, 3.63) is 65.0 Å². The van der Waals surface area contributed by atoms with E-state index in [9.17, 15) is 4.79 Å². The van der Waals surface area contributed by atoms with Crippen molar-refractivity contribution in [3.8, 4) is 0 Å². The first-order valence-corrected chi connectivity index (χ1v) is 7.18. The van der Waals surface area contributed by atoms with Gasteiger partial charge in [-0.25, -0.2) is 0 Å². The number of hydrogen-bond acceptors (Lipinski definition) is 3. The second-order valence-electron chi connectivity index (χ2n) is 5.04. The summed E-state index contributed by atoms with van der Waals surface area (Å²) in [4.78, 5) is 18.8. The van der Waals surface area contributed by atoms with Crippen LogP contribution < -0.4 is 5.73 Å². The van der Waals surface area contributed by atoms with Gasteiger partial charge >= 0.3 is 0 Å². The Bertz CT molecular complexity index is 697. The second kappa shape index (κ2) is 5.61. The molecular formula is C16H15N3OS. The minimum Gasteiger partial charge on any atom is -0.389 e. The predicted octanol–water partition coefficient (Wildman–Crippen LogP) is 1.91. The van der Waals surface area contributed by atoms with E-state index in [1.54, 1.807) is 18.3 Å². The molecule has 1 aromatic carbocycles. The Morgan fingerprint density at radius 1 is 1.19 bits per heavy atom. The minimum atomic E-state index is -0.0565.